The predicted molar refractivity (Wildman–Crippen MR) is 372 cm³/mol. The van der Waals surface area contributed by atoms with Crippen molar-refractivity contribution in [2.75, 3.05) is 39.6 Å². The maximum atomic E-state index is 13.0. The van der Waals surface area contributed by atoms with Gasteiger partial charge in [0, 0.05) is 25.7 Å². The second kappa shape index (κ2) is 62.6. The van der Waals surface area contributed by atoms with Crippen LogP contribution in [-0.4, -0.2) is 96.7 Å². The van der Waals surface area contributed by atoms with Gasteiger partial charge in [-0.15, -0.1) is 0 Å². The van der Waals surface area contributed by atoms with Gasteiger partial charge >= 0.3 is 39.5 Å². The molecule has 92 heavy (non-hydrogen) atoms. The third-order valence-corrected chi connectivity index (χ3v) is 19.4. The van der Waals surface area contributed by atoms with E-state index in [1.165, 1.54) is 161 Å². The third-order valence-electron chi connectivity index (χ3n) is 17.5. The first kappa shape index (κ1) is 90.1. The summed E-state index contributed by atoms with van der Waals surface area (Å²) in [5.41, 5.74) is 0. The number of phosphoric ester groups is 2. The van der Waals surface area contributed by atoms with Gasteiger partial charge in [0.15, 0.2) is 12.2 Å². The fourth-order valence-electron chi connectivity index (χ4n) is 11.0. The van der Waals surface area contributed by atoms with Gasteiger partial charge in [0.2, 0.25) is 0 Å². The third kappa shape index (κ3) is 64.1. The van der Waals surface area contributed by atoms with Gasteiger partial charge < -0.3 is 33.8 Å². The van der Waals surface area contributed by atoms with Gasteiger partial charge in [-0.1, -0.05) is 312 Å². The molecule has 0 aromatic heterocycles. The van der Waals surface area contributed by atoms with Crippen LogP contribution in [0.4, 0.5) is 0 Å². The van der Waals surface area contributed by atoms with Crippen LogP contribution in [0.1, 0.15) is 364 Å². The predicted octanol–water partition coefficient (Wildman–Crippen LogP) is 20.9. The molecule has 3 N–H and O–H groups in total. The molecule has 0 radical (unpaired) electrons. The molecule has 0 amide bonds. The van der Waals surface area contributed by atoms with Crippen LogP contribution in [0.2, 0.25) is 0 Å². The van der Waals surface area contributed by atoms with Crippen molar-refractivity contribution in [1.29, 1.82) is 0 Å². The summed E-state index contributed by atoms with van der Waals surface area (Å²) >= 11 is 0. The number of rotatable bonds is 70. The normalized spacial score (nSPS) is 14.8. The Balaban J connectivity index is 5.26. The number of hydrogen-bond acceptors (Lipinski definition) is 15. The zero-order valence-electron chi connectivity index (χ0n) is 60.2. The van der Waals surface area contributed by atoms with Gasteiger partial charge in [-0.2, -0.15) is 0 Å². The maximum absolute atomic E-state index is 13.0. The van der Waals surface area contributed by atoms with Crippen LogP contribution < -0.4 is 0 Å². The SMILES string of the molecule is CCC(C)CCCCCCCCCCC(=O)OC[C@H](COP(=O)(O)OC[C@@H](O)COP(=O)(O)OC[C@@H](COC(=O)CCCCCCCCC(C)CC)OC(=O)CCCCCCCCCCCCCCCC(C)C)OC(=O)CCCCCCCCCCCCCC(C)C. The quantitative estimate of drug-likeness (QED) is 0.0222. The van der Waals surface area contributed by atoms with E-state index in [4.69, 9.17) is 37.0 Å². The van der Waals surface area contributed by atoms with Crippen LogP contribution in [0, 0.1) is 23.7 Å². The van der Waals surface area contributed by atoms with Crippen molar-refractivity contribution in [1.82, 2.24) is 0 Å². The Bertz CT molecular complexity index is 1820. The molecule has 0 aliphatic rings. The minimum Gasteiger partial charge on any atom is -0.462 e. The molecule has 0 spiro atoms. The minimum absolute atomic E-state index is 0.105. The average Bonchev–Trinajstić information content (AvgIpc) is 2.63. The van der Waals surface area contributed by atoms with Gasteiger partial charge in [0.1, 0.15) is 19.3 Å². The summed E-state index contributed by atoms with van der Waals surface area (Å²) in [5.74, 6) is 0.934. The second-order valence-electron chi connectivity index (χ2n) is 27.8. The van der Waals surface area contributed by atoms with Gasteiger partial charge in [-0.3, -0.25) is 37.3 Å². The van der Waals surface area contributed by atoms with E-state index >= 15 is 0 Å². The van der Waals surface area contributed by atoms with Crippen molar-refractivity contribution in [3.05, 3.63) is 0 Å². The number of carbonyl (C=O) groups excluding carboxylic acids is 4. The van der Waals surface area contributed by atoms with E-state index in [0.717, 1.165) is 120 Å². The summed E-state index contributed by atoms with van der Waals surface area (Å²) in [5, 5.41) is 10.6. The molecule has 0 aromatic rings. The van der Waals surface area contributed by atoms with Crippen molar-refractivity contribution < 1.29 is 80.2 Å². The van der Waals surface area contributed by atoms with Crippen molar-refractivity contribution in [2.45, 2.75) is 382 Å². The molecule has 19 heteroatoms. The van der Waals surface area contributed by atoms with Gasteiger partial charge in [0.25, 0.3) is 0 Å². The molecule has 7 atom stereocenters. The Hall–Kier alpha value is -1.94. The molecular weight excluding hydrogens is 1210 g/mol. The van der Waals surface area contributed by atoms with E-state index in [2.05, 4.69) is 55.4 Å². The van der Waals surface area contributed by atoms with Gasteiger partial charge in [-0.25, -0.2) is 9.13 Å². The minimum atomic E-state index is -4.95. The van der Waals surface area contributed by atoms with E-state index < -0.39 is 97.5 Å². The molecule has 0 aliphatic heterocycles. The molecule has 0 aliphatic carbocycles. The zero-order chi connectivity index (χ0) is 68.2. The standard InChI is InChI=1S/C73H142O17P2/c1-9-65(7)51-43-35-27-23-24-28-37-45-53-70(75)83-59-68(89-73(78)56-48-40-30-22-18-14-16-20-26-34-42-50-64(5)6)61-87-91(79,80)85-57-67(74)58-86-92(81,82)88-62-69(60-84-71(76)54-46-38-32-31-36-44-52-66(8)10-2)90-72(77)55-47-39-29-21-17-13-11-12-15-19-25-33-41-49-63(3)4/h63-69,74H,9-62H2,1-8H3,(H,79,80)(H,81,82)/t65?,66?,67-,68-,69-/m1/s1. The lowest BCUT2D eigenvalue weighted by atomic mass is 9.99. The van der Waals surface area contributed by atoms with Crippen molar-refractivity contribution in [3.63, 3.8) is 0 Å². The van der Waals surface area contributed by atoms with Crippen LogP contribution in [0.5, 0.6) is 0 Å². The van der Waals surface area contributed by atoms with Crippen molar-refractivity contribution in [3.8, 4) is 0 Å². The monoisotopic (exact) mass is 1350 g/mol. The van der Waals surface area contributed by atoms with Crippen LogP contribution in [-0.2, 0) is 65.4 Å². The molecular formula is C73H142O17P2. The molecule has 0 rings (SSSR count). The maximum Gasteiger partial charge on any atom is 0.472 e. The molecule has 17 nitrogen and oxygen atoms in total. The summed E-state index contributed by atoms with van der Waals surface area (Å²) in [6, 6.07) is 0. The van der Waals surface area contributed by atoms with E-state index in [9.17, 15) is 43.2 Å². The number of unbranched alkanes of at least 4 members (excludes halogenated alkanes) is 34. The number of aliphatic hydroxyl groups excluding tert-OH is 1. The van der Waals surface area contributed by atoms with Gasteiger partial charge in [-0.05, 0) is 49.4 Å². The number of aliphatic hydroxyl groups is 1. The molecule has 546 valence electrons. The summed E-state index contributed by atoms with van der Waals surface area (Å²) < 4.78 is 68.4. The molecule has 0 saturated heterocycles. The number of esters is 4. The summed E-state index contributed by atoms with van der Waals surface area (Å²) in [6.45, 7) is 14.2. The first-order chi connectivity index (χ1) is 44.2. The molecule has 0 fully saturated rings. The van der Waals surface area contributed by atoms with Crippen molar-refractivity contribution >= 4 is 39.5 Å². The van der Waals surface area contributed by atoms with Crippen LogP contribution in [0.3, 0.4) is 0 Å². The van der Waals surface area contributed by atoms with E-state index in [1.54, 1.807) is 0 Å². The topological polar surface area (TPSA) is 237 Å². The van der Waals surface area contributed by atoms with Crippen LogP contribution in [0.25, 0.3) is 0 Å². The first-order valence-corrected chi connectivity index (χ1v) is 40.8. The fourth-order valence-corrected chi connectivity index (χ4v) is 12.5. The Morgan fingerprint density at radius 3 is 0.772 bits per heavy atom. The molecule has 0 saturated carbocycles. The summed E-state index contributed by atoms with van der Waals surface area (Å²) in [7, 11) is -9.91. The van der Waals surface area contributed by atoms with Crippen LogP contribution in [0.15, 0.2) is 0 Å². The van der Waals surface area contributed by atoms with Gasteiger partial charge in [0.05, 0.1) is 26.4 Å². The highest BCUT2D eigenvalue weighted by Crippen LogP contribution is 2.45. The van der Waals surface area contributed by atoms with Crippen LogP contribution >= 0.6 is 15.6 Å². The average molecular weight is 1350 g/mol. The summed E-state index contributed by atoms with van der Waals surface area (Å²) in [6.07, 6.45) is 45.7. The first-order valence-electron chi connectivity index (χ1n) is 37.8. The highest BCUT2D eigenvalue weighted by molar-refractivity contribution is 7.47. The highest BCUT2D eigenvalue weighted by atomic mass is 31.2. The Morgan fingerprint density at radius 2 is 0.522 bits per heavy atom. The second-order valence-corrected chi connectivity index (χ2v) is 30.7. The zero-order valence-corrected chi connectivity index (χ0v) is 62.0. The van der Waals surface area contributed by atoms with Crippen molar-refractivity contribution in [2.24, 2.45) is 23.7 Å². The molecule has 0 aromatic carbocycles. The van der Waals surface area contributed by atoms with E-state index in [1.807, 2.05) is 0 Å². The largest absolute Gasteiger partial charge is 0.472 e. The fraction of sp³-hybridized carbons (Fsp3) is 0.945. The number of carbonyl (C=O) groups is 4. The molecule has 4 unspecified atom stereocenters. The van der Waals surface area contributed by atoms with E-state index in [-0.39, 0.29) is 25.7 Å². The number of hydrogen-bond donors (Lipinski definition) is 3. The molecule has 0 bridgehead atoms. The molecule has 0 heterocycles. The van der Waals surface area contributed by atoms with E-state index in [0.29, 0.717) is 25.7 Å². The lowest BCUT2D eigenvalue weighted by Crippen LogP contribution is -2.30. The summed E-state index contributed by atoms with van der Waals surface area (Å²) in [4.78, 5) is 72.7. The smallest absolute Gasteiger partial charge is 0.462 e. The Morgan fingerprint density at radius 1 is 0.304 bits per heavy atom. The highest BCUT2D eigenvalue weighted by Gasteiger charge is 2.30. The lowest BCUT2D eigenvalue weighted by Gasteiger charge is -2.21. The Kier molecular flexibility index (Phi) is 61.3. The lowest BCUT2D eigenvalue weighted by molar-refractivity contribution is -0.161. The number of phosphoric acid groups is 2. The Labute approximate surface area is 562 Å². The number of ether oxygens (including phenoxy) is 4.